The molecule has 11 heteroatoms. The van der Waals surface area contributed by atoms with Crippen LogP contribution >= 0.6 is 0 Å². The number of rotatable bonds is 7. The van der Waals surface area contributed by atoms with Crippen molar-refractivity contribution in [1.29, 1.82) is 0 Å². The summed E-state index contributed by atoms with van der Waals surface area (Å²) in [7, 11) is 0. The van der Waals surface area contributed by atoms with Crippen molar-refractivity contribution in [2.24, 2.45) is 0 Å². The lowest BCUT2D eigenvalue weighted by molar-refractivity contribution is -0.145. The van der Waals surface area contributed by atoms with Crippen LogP contribution in [0.25, 0.3) is 0 Å². The first-order valence-corrected chi connectivity index (χ1v) is 7.53. The van der Waals surface area contributed by atoms with Gasteiger partial charge in [0, 0.05) is 18.7 Å². The minimum absolute atomic E-state index is 0.0303. The Kier molecular flexibility index (Phi) is 6.58. The monoisotopic (exact) mass is 381 g/mol. The van der Waals surface area contributed by atoms with Crippen LogP contribution < -0.4 is 16.2 Å². The lowest BCUT2D eigenvalue weighted by atomic mass is 10.4. The average Bonchev–Trinajstić information content (AvgIpc) is 2.63. The van der Waals surface area contributed by atoms with Gasteiger partial charge in [0.1, 0.15) is 30.7 Å². The quantitative estimate of drug-likeness (QED) is 0.570. The number of esters is 1. The van der Waals surface area contributed by atoms with E-state index in [1.165, 1.54) is 0 Å². The second-order valence-corrected chi connectivity index (χ2v) is 5.11. The molecule has 0 aliphatic rings. The van der Waals surface area contributed by atoms with E-state index in [1.807, 2.05) is 0 Å². The van der Waals surface area contributed by atoms with E-state index in [2.05, 4.69) is 5.32 Å². The Morgan fingerprint density at radius 1 is 0.926 bits per heavy atom. The molecule has 0 saturated carbocycles. The van der Waals surface area contributed by atoms with Crippen molar-refractivity contribution in [3.63, 3.8) is 0 Å². The van der Waals surface area contributed by atoms with Gasteiger partial charge in [-0.2, -0.15) is 0 Å². The number of carbonyl (C=O) groups excluding carboxylic acids is 2. The minimum Gasteiger partial charge on any atom is -0.502 e. The Morgan fingerprint density at radius 2 is 1.44 bits per heavy atom. The van der Waals surface area contributed by atoms with Crippen molar-refractivity contribution in [3.8, 4) is 11.5 Å². The molecule has 2 aromatic heterocycles. The van der Waals surface area contributed by atoms with Gasteiger partial charge >= 0.3 is 12.1 Å². The maximum atomic E-state index is 11.5. The number of aromatic hydroxyl groups is 2. The highest BCUT2D eigenvalue weighted by Crippen LogP contribution is 2.06. The smallest absolute Gasteiger partial charge is 0.407 e. The van der Waals surface area contributed by atoms with Gasteiger partial charge in [-0.25, -0.2) is 4.79 Å². The topological polar surface area (TPSA) is 166 Å². The number of nitrogens with one attached hydrogen (secondary N) is 1. The minimum atomic E-state index is -0.858. The number of hydrogen-bond donors (Lipinski definition) is 3. The lowest BCUT2D eigenvalue weighted by Gasteiger charge is -2.07. The van der Waals surface area contributed by atoms with Crippen molar-refractivity contribution in [2.45, 2.75) is 19.6 Å². The Balaban J connectivity index is 1.65. The fraction of sp³-hybridized carbons (Fsp3) is 0.250. The second-order valence-electron chi connectivity index (χ2n) is 5.11. The first kappa shape index (κ1) is 19.6. The average molecular weight is 381 g/mol. The summed E-state index contributed by atoms with van der Waals surface area (Å²) in [6, 6.07) is 1.96. The van der Waals surface area contributed by atoms with Crippen molar-refractivity contribution in [3.05, 3.63) is 56.6 Å². The zero-order valence-electron chi connectivity index (χ0n) is 13.8. The van der Waals surface area contributed by atoms with Crippen molar-refractivity contribution in [2.75, 3.05) is 6.54 Å². The van der Waals surface area contributed by atoms with Crippen molar-refractivity contribution < 1.29 is 38.1 Å². The fourth-order valence-electron chi connectivity index (χ4n) is 1.72. The molecule has 2 aromatic rings. The maximum absolute atomic E-state index is 11.5. The Bertz CT molecular complexity index is 854. The first-order chi connectivity index (χ1) is 12.8. The largest absolute Gasteiger partial charge is 0.502 e. The molecule has 3 N–H and O–H groups in total. The molecule has 0 fully saturated rings. The number of hydrogen-bond acceptors (Lipinski definition) is 10. The third-order valence-corrected chi connectivity index (χ3v) is 3.05. The predicted molar refractivity (Wildman–Crippen MR) is 85.9 cm³/mol. The maximum Gasteiger partial charge on any atom is 0.407 e. The van der Waals surface area contributed by atoms with Crippen molar-refractivity contribution >= 4 is 12.1 Å². The first-order valence-electron chi connectivity index (χ1n) is 7.53. The molecular formula is C16H15NO10. The molecule has 0 aromatic carbocycles. The number of carbonyl (C=O) groups is 2. The molecule has 2 rings (SSSR count). The number of amides is 1. The second kappa shape index (κ2) is 9.08. The van der Waals surface area contributed by atoms with Crippen LogP contribution in [0, 0.1) is 0 Å². The highest BCUT2D eigenvalue weighted by atomic mass is 16.6. The van der Waals surface area contributed by atoms with Crippen LogP contribution in [0.2, 0.25) is 0 Å². The number of alkyl carbamates (subject to hydrolysis) is 1. The van der Waals surface area contributed by atoms with E-state index in [0.717, 1.165) is 24.7 Å². The van der Waals surface area contributed by atoms with Crippen LogP contribution in [-0.4, -0.2) is 28.8 Å². The van der Waals surface area contributed by atoms with Crippen LogP contribution in [0.3, 0.4) is 0 Å². The summed E-state index contributed by atoms with van der Waals surface area (Å²) < 4.78 is 19.3. The van der Waals surface area contributed by atoms with E-state index in [-0.39, 0.29) is 37.7 Å². The molecule has 0 radical (unpaired) electrons. The molecule has 11 nitrogen and oxygen atoms in total. The van der Waals surface area contributed by atoms with E-state index < -0.39 is 34.4 Å². The SMILES string of the molecule is O=C(CCNC(=O)OCc1cc(=O)c(O)co1)OCc1cc(=O)c(O)co1. The molecular weight excluding hydrogens is 366 g/mol. The van der Waals surface area contributed by atoms with Gasteiger partial charge in [-0.15, -0.1) is 0 Å². The molecule has 2 heterocycles. The van der Waals surface area contributed by atoms with Gasteiger partial charge in [-0.3, -0.25) is 14.4 Å². The van der Waals surface area contributed by atoms with E-state index in [9.17, 15) is 19.2 Å². The summed E-state index contributed by atoms with van der Waals surface area (Å²) >= 11 is 0. The fourth-order valence-corrected chi connectivity index (χ4v) is 1.72. The molecule has 0 aliphatic carbocycles. The molecule has 0 saturated heterocycles. The van der Waals surface area contributed by atoms with Gasteiger partial charge in [0.2, 0.25) is 10.9 Å². The zero-order chi connectivity index (χ0) is 19.8. The van der Waals surface area contributed by atoms with Crippen molar-refractivity contribution in [1.82, 2.24) is 5.32 Å². The molecule has 27 heavy (non-hydrogen) atoms. The van der Waals surface area contributed by atoms with Gasteiger partial charge < -0.3 is 33.8 Å². The van der Waals surface area contributed by atoms with E-state index in [4.69, 9.17) is 28.5 Å². The molecule has 0 bridgehead atoms. The molecule has 0 spiro atoms. The summed E-state index contributed by atoms with van der Waals surface area (Å²) in [6.07, 6.45) is 0.624. The third kappa shape index (κ3) is 6.23. The van der Waals surface area contributed by atoms with Gasteiger partial charge in [0.25, 0.3) is 0 Å². The van der Waals surface area contributed by atoms with Crippen LogP contribution in [0.4, 0.5) is 4.79 Å². The summed E-state index contributed by atoms with van der Waals surface area (Å²) in [6.45, 7) is -0.735. The summed E-state index contributed by atoms with van der Waals surface area (Å²) in [5.74, 6) is -1.71. The van der Waals surface area contributed by atoms with Crippen LogP contribution in [0.15, 0.2) is 43.1 Å². The van der Waals surface area contributed by atoms with Crippen LogP contribution in [0.1, 0.15) is 17.9 Å². The molecule has 144 valence electrons. The number of ether oxygens (including phenoxy) is 2. The Hall–Kier alpha value is -3.76. The van der Waals surface area contributed by atoms with E-state index in [1.54, 1.807) is 0 Å². The standard InChI is InChI=1S/C16H15NO10/c18-11-3-9(24-7-13(11)20)5-26-15(22)1-2-17-16(23)27-6-10-4-12(19)14(21)8-25-10/h3-4,7-8,20-21H,1-2,5-6H2,(H,17,23). The molecule has 0 atom stereocenters. The van der Waals surface area contributed by atoms with Gasteiger partial charge in [-0.05, 0) is 0 Å². The zero-order valence-corrected chi connectivity index (χ0v) is 13.8. The highest BCUT2D eigenvalue weighted by Gasteiger charge is 2.09. The van der Waals surface area contributed by atoms with E-state index >= 15 is 0 Å². The third-order valence-electron chi connectivity index (χ3n) is 3.05. The van der Waals surface area contributed by atoms with E-state index in [0.29, 0.717) is 0 Å². The Morgan fingerprint density at radius 3 is 1.96 bits per heavy atom. The normalized spacial score (nSPS) is 10.2. The van der Waals surface area contributed by atoms with Crippen LogP contribution in [-0.2, 0) is 27.5 Å². The summed E-state index contributed by atoms with van der Waals surface area (Å²) in [5.41, 5.74) is -1.34. The van der Waals surface area contributed by atoms with Gasteiger partial charge in [0.05, 0.1) is 6.42 Å². The molecule has 0 aliphatic heterocycles. The molecule has 1 amide bonds. The highest BCUT2D eigenvalue weighted by molar-refractivity contribution is 5.71. The van der Waals surface area contributed by atoms with Crippen LogP contribution in [0.5, 0.6) is 11.5 Å². The summed E-state index contributed by atoms with van der Waals surface area (Å²) in [5, 5.41) is 20.3. The lowest BCUT2D eigenvalue weighted by Crippen LogP contribution is -2.27. The predicted octanol–water partition coefficient (Wildman–Crippen LogP) is 0.364. The summed E-state index contributed by atoms with van der Waals surface area (Å²) in [4.78, 5) is 45.4. The van der Waals surface area contributed by atoms with Gasteiger partial charge in [0.15, 0.2) is 18.1 Å². The Labute approximate surface area is 150 Å². The van der Waals surface area contributed by atoms with Gasteiger partial charge in [-0.1, -0.05) is 0 Å². The molecule has 0 unspecified atom stereocenters.